The maximum absolute atomic E-state index is 11.9. The summed E-state index contributed by atoms with van der Waals surface area (Å²) >= 11 is 0. The maximum Gasteiger partial charge on any atom is 0.328 e. The van der Waals surface area contributed by atoms with E-state index in [0.29, 0.717) is 12.0 Å². The van der Waals surface area contributed by atoms with Crippen LogP contribution in [0.5, 0.6) is 0 Å². The minimum Gasteiger partial charge on any atom is -0.389 e. The van der Waals surface area contributed by atoms with E-state index in [2.05, 4.69) is 23.7 Å². The fourth-order valence-corrected chi connectivity index (χ4v) is 2.84. The normalized spacial score (nSPS) is 19.2. The zero-order chi connectivity index (χ0) is 17.4. The molecule has 0 bridgehead atoms. The fourth-order valence-electron chi connectivity index (χ4n) is 2.84. The predicted octanol–water partition coefficient (Wildman–Crippen LogP) is 2.50. The Labute approximate surface area is 142 Å². The molecule has 1 aliphatic carbocycles. The molecule has 1 heterocycles. The standard InChI is InChI=1S/C19H26N2O3/c1-2-3-4-5-6-7-8-9-10-15-14-21(19(24)20-18(15)23)16-11-12-17(22)13-16/h11-12,14,16-17,22H,2-8,13H2,1H3,(H,20,23,24). The second kappa shape index (κ2) is 9.29. The molecule has 130 valence electrons. The van der Waals surface area contributed by atoms with Gasteiger partial charge in [0.15, 0.2) is 0 Å². The molecule has 2 atom stereocenters. The summed E-state index contributed by atoms with van der Waals surface area (Å²) in [4.78, 5) is 26.1. The van der Waals surface area contributed by atoms with E-state index in [0.717, 1.165) is 19.3 Å². The molecule has 0 radical (unpaired) electrons. The van der Waals surface area contributed by atoms with E-state index in [1.807, 2.05) is 0 Å². The molecule has 0 saturated heterocycles. The second-order valence-electron chi connectivity index (χ2n) is 6.28. The number of nitrogens with zero attached hydrogens (tertiary/aromatic N) is 1. The van der Waals surface area contributed by atoms with E-state index in [1.54, 1.807) is 12.2 Å². The molecule has 0 spiro atoms. The quantitative estimate of drug-likeness (QED) is 0.458. The van der Waals surface area contributed by atoms with Gasteiger partial charge in [0.05, 0.1) is 12.1 Å². The summed E-state index contributed by atoms with van der Waals surface area (Å²) in [5.41, 5.74) is -0.616. The smallest absolute Gasteiger partial charge is 0.328 e. The molecular formula is C19H26N2O3. The predicted molar refractivity (Wildman–Crippen MR) is 95.0 cm³/mol. The van der Waals surface area contributed by atoms with Crippen molar-refractivity contribution >= 4 is 0 Å². The summed E-state index contributed by atoms with van der Waals surface area (Å²) in [7, 11) is 0. The van der Waals surface area contributed by atoms with E-state index in [1.165, 1.54) is 36.4 Å². The van der Waals surface area contributed by atoms with Gasteiger partial charge < -0.3 is 5.11 Å². The van der Waals surface area contributed by atoms with E-state index in [9.17, 15) is 14.7 Å². The molecule has 24 heavy (non-hydrogen) atoms. The van der Waals surface area contributed by atoms with Gasteiger partial charge in [-0.15, -0.1) is 0 Å². The van der Waals surface area contributed by atoms with Crippen LogP contribution in [0.3, 0.4) is 0 Å². The first-order chi connectivity index (χ1) is 11.6. The molecule has 2 N–H and O–H groups in total. The minimum absolute atomic E-state index is 0.233. The van der Waals surface area contributed by atoms with Gasteiger partial charge in [-0.1, -0.05) is 63.0 Å². The van der Waals surface area contributed by atoms with Crippen molar-refractivity contribution in [3.05, 3.63) is 44.8 Å². The van der Waals surface area contributed by atoms with E-state index in [4.69, 9.17) is 0 Å². The fraction of sp³-hybridized carbons (Fsp3) is 0.579. The molecule has 5 nitrogen and oxygen atoms in total. The highest BCUT2D eigenvalue weighted by Gasteiger charge is 2.19. The molecule has 0 aliphatic heterocycles. The van der Waals surface area contributed by atoms with Crippen LogP contribution in [0.4, 0.5) is 0 Å². The molecular weight excluding hydrogens is 304 g/mol. The van der Waals surface area contributed by atoms with E-state index < -0.39 is 17.4 Å². The number of rotatable bonds is 7. The molecule has 2 unspecified atom stereocenters. The molecule has 0 amide bonds. The Kier molecular flexibility index (Phi) is 7.07. The number of H-pyrrole nitrogens is 1. The zero-order valence-corrected chi connectivity index (χ0v) is 14.3. The highest BCUT2D eigenvalue weighted by atomic mass is 16.3. The number of aliphatic hydroxyl groups excluding tert-OH is 1. The Bertz CT molecular complexity index is 733. The molecule has 1 aromatic heterocycles. The summed E-state index contributed by atoms with van der Waals surface area (Å²) < 4.78 is 1.43. The molecule has 2 rings (SSSR count). The van der Waals surface area contributed by atoms with Crippen LogP contribution in [-0.2, 0) is 0 Å². The van der Waals surface area contributed by atoms with Crippen LogP contribution in [0.1, 0.15) is 69.9 Å². The average molecular weight is 330 g/mol. The third kappa shape index (κ3) is 5.24. The van der Waals surface area contributed by atoms with Gasteiger partial charge in [0.1, 0.15) is 5.56 Å². The summed E-state index contributed by atoms with van der Waals surface area (Å²) in [5.74, 6) is 5.90. The number of aromatic nitrogens is 2. The van der Waals surface area contributed by atoms with Crippen molar-refractivity contribution in [1.29, 1.82) is 0 Å². The third-order valence-corrected chi connectivity index (χ3v) is 4.24. The van der Waals surface area contributed by atoms with Gasteiger partial charge in [-0.05, 0) is 6.42 Å². The van der Waals surface area contributed by atoms with Crippen molar-refractivity contribution < 1.29 is 5.11 Å². The van der Waals surface area contributed by atoms with E-state index in [-0.39, 0.29) is 6.04 Å². The van der Waals surface area contributed by atoms with Gasteiger partial charge in [-0.3, -0.25) is 14.3 Å². The SMILES string of the molecule is CCCCCCCCC#Cc1cn(C2C=CC(O)C2)c(=O)[nH]c1=O. The van der Waals surface area contributed by atoms with Crippen LogP contribution in [0.25, 0.3) is 0 Å². The van der Waals surface area contributed by atoms with Crippen molar-refractivity contribution in [3.8, 4) is 11.8 Å². The highest BCUT2D eigenvalue weighted by molar-refractivity contribution is 5.30. The average Bonchev–Trinajstić information content (AvgIpc) is 2.98. The lowest BCUT2D eigenvalue weighted by Crippen LogP contribution is -2.33. The first kappa shape index (κ1) is 18.3. The lowest BCUT2D eigenvalue weighted by Gasteiger charge is -2.12. The number of hydrogen-bond acceptors (Lipinski definition) is 3. The van der Waals surface area contributed by atoms with Gasteiger partial charge in [0, 0.05) is 19.0 Å². The van der Waals surface area contributed by atoms with Crippen LogP contribution in [0.15, 0.2) is 27.9 Å². The van der Waals surface area contributed by atoms with Crippen molar-refractivity contribution in [2.24, 2.45) is 0 Å². The molecule has 0 saturated carbocycles. The maximum atomic E-state index is 11.9. The molecule has 5 heteroatoms. The van der Waals surface area contributed by atoms with E-state index >= 15 is 0 Å². The topological polar surface area (TPSA) is 75.1 Å². The van der Waals surface area contributed by atoms with Crippen molar-refractivity contribution in [2.75, 3.05) is 0 Å². The van der Waals surface area contributed by atoms with Crippen molar-refractivity contribution in [3.63, 3.8) is 0 Å². The number of nitrogens with one attached hydrogen (secondary N) is 1. The number of aliphatic hydroxyl groups is 1. The highest BCUT2D eigenvalue weighted by Crippen LogP contribution is 2.21. The number of hydrogen-bond donors (Lipinski definition) is 2. The Morgan fingerprint density at radius 3 is 2.67 bits per heavy atom. The Morgan fingerprint density at radius 1 is 1.21 bits per heavy atom. The summed E-state index contributed by atoms with van der Waals surface area (Å²) in [5, 5.41) is 9.55. The van der Waals surface area contributed by atoms with Crippen molar-refractivity contribution in [1.82, 2.24) is 9.55 Å². The summed E-state index contributed by atoms with van der Waals surface area (Å²) in [6.45, 7) is 2.20. The lowest BCUT2D eigenvalue weighted by atomic mass is 10.1. The Hall–Kier alpha value is -2.06. The first-order valence-electron chi connectivity index (χ1n) is 8.82. The van der Waals surface area contributed by atoms with Gasteiger partial charge in [0.25, 0.3) is 5.56 Å². The lowest BCUT2D eigenvalue weighted by molar-refractivity contribution is 0.209. The van der Waals surface area contributed by atoms with Gasteiger partial charge >= 0.3 is 5.69 Å². The van der Waals surface area contributed by atoms with Gasteiger partial charge in [-0.2, -0.15) is 0 Å². The third-order valence-electron chi connectivity index (χ3n) is 4.24. The molecule has 0 aromatic carbocycles. The Morgan fingerprint density at radius 2 is 1.96 bits per heavy atom. The summed E-state index contributed by atoms with van der Waals surface area (Å²) in [6.07, 6.45) is 12.8. The van der Waals surface area contributed by atoms with Crippen LogP contribution >= 0.6 is 0 Å². The van der Waals surface area contributed by atoms with Crippen LogP contribution in [0, 0.1) is 11.8 Å². The molecule has 0 fully saturated rings. The van der Waals surface area contributed by atoms with Crippen LogP contribution in [0.2, 0.25) is 0 Å². The second-order valence-corrected chi connectivity index (χ2v) is 6.28. The monoisotopic (exact) mass is 330 g/mol. The first-order valence-corrected chi connectivity index (χ1v) is 8.82. The zero-order valence-electron chi connectivity index (χ0n) is 14.3. The number of allylic oxidation sites excluding steroid dienone is 1. The number of aromatic amines is 1. The Balaban J connectivity index is 1.96. The van der Waals surface area contributed by atoms with Crippen LogP contribution < -0.4 is 11.2 Å². The molecule has 1 aliphatic rings. The van der Waals surface area contributed by atoms with Gasteiger partial charge in [0.2, 0.25) is 0 Å². The minimum atomic E-state index is -0.545. The largest absolute Gasteiger partial charge is 0.389 e. The van der Waals surface area contributed by atoms with Crippen LogP contribution in [-0.4, -0.2) is 20.8 Å². The summed E-state index contributed by atoms with van der Waals surface area (Å²) in [6, 6.07) is -0.233. The molecule has 1 aromatic rings. The van der Waals surface area contributed by atoms with Crippen molar-refractivity contribution in [2.45, 2.75) is 70.4 Å². The number of unbranched alkanes of at least 4 members (excludes halogenated alkanes) is 6. The van der Waals surface area contributed by atoms with Gasteiger partial charge in [-0.25, -0.2) is 4.79 Å².